The number of nitrogens with zero attached hydrogens (tertiary/aromatic N) is 2. The van der Waals surface area contributed by atoms with Crippen LogP contribution in [0.15, 0.2) is 109 Å². The molecule has 0 fully saturated rings. The van der Waals surface area contributed by atoms with Gasteiger partial charge in [0.15, 0.2) is 0 Å². The number of para-hydroxylation sites is 2. The van der Waals surface area contributed by atoms with Crippen LogP contribution in [-0.4, -0.2) is 34.1 Å². The lowest BCUT2D eigenvalue weighted by molar-refractivity contribution is 0.0601. The van der Waals surface area contributed by atoms with Crippen molar-refractivity contribution >= 4 is 33.7 Å². The van der Waals surface area contributed by atoms with E-state index in [-0.39, 0.29) is 5.97 Å². The van der Waals surface area contributed by atoms with Gasteiger partial charge in [0.05, 0.1) is 40.7 Å². The molecule has 1 N–H and O–H groups in total. The molecule has 0 amide bonds. The summed E-state index contributed by atoms with van der Waals surface area (Å²) in [6.07, 6.45) is 0. The van der Waals surface area contributed by atoms with Gasteiger partial charge in [0.1, 0.15) is 0 Å². The number of methoxy groups -OCH3 is 1. The van der Waals surface area contributed by atoms with Gasteiger partial charge >= 0.3 is 11.9 Å². The first-order valence-electron chi connectivity index (χ1n) is 13.1. The van der Waals surface area contributed by atoms with Crippen LogP contribution in [0.4, 0.5) is 0 Å². The lowest BCUT2D eigenvalue weighted by atomic mass is 9.98. The number of carbonyl (C=O) groups is 2. The van der Waals surface area contributed by atoms with Crippen molar-refractivity contribution in [2.45, 2.75) is 13.8 Å². The van der Waals surface area contributed by atoms with Gasteiger partial charge in [-0.3, -0.25) is 0 Å². The fraction of sp³-hybridized carbons (Fsp3) is 0.0857. The molecule has 0 saturated heterocycles. The number of hydrogen-bond donors (Lipinski definition) is 1. The number of esters is 1. The molecular weight excluding hydrogens is 512 g/mol. The molecule has 0 aliphatic carbocycles. The normalized spacial score (nSPS) is 10.6. The number of benzene rings is 4. The Balaban J connectivity index is 0.000000165. The standard InChI is InChI=1S/C18H15NO2.C17H13NO2/c1-12-16(18(20)21-2)14-10-6-7-11-15(14)19-17(12)13-8-4-3-5-9-13;1-11-15(17(19)20)13-9-5-6-10-14(13)18-16(11)12-7-3-2-4-8-12/h3-11H,1-2H3;2-10H,1H3,(H,19,20). The van der Waals surface area contributed by atoms with E-state index in [1.807, 2.05) is 117 Å². The van der Waals surface area contributed by atoms with Crippen LogP contribution in [0, 0.1) is 13.8 Å². The molecular formula is C35H28N2O4. The van der Waals surface area contributed by atoms with E-state index in [1.54, 1.807) is 6.07 Å². The number of ether oxygens (including phenoxy) is 1. The number of carboxylic acids is 1. The summed E-state index contributed by atoms with van der Waals surface area (Å²) in [7, 11) is 1.40. The number of hydrogen-bond acceptors (Lipinski definition) is 5. The Morgan fingerprint density at radius 2 is 0.976 bits per heavy atom. The summed E-state index contributed by atoms with van der Waals surface area (Å²) in [5, 5.41) is 11.0. The second-order valence-electron chi connectivity index (χ2n) is 9.48. The predicted molar refractivity (Wildman–Crippen MR) is 162 cm³/mol. The van der Waals surface area contributed by atoms with E-state index in [0.717, 1.165) is 39.0 Å². The number of aromatic carboxylic acids is 1. The Morgan fingerprint density at radius 1 is 0.585 bits per heavy atom. The molecule has 6 heteroatoms. The molecule has 6 nitrogen and oxygen atoms in total. The summed E-state index contributed by atoms with van der Waals surface area (Å²) in [4.78, 5) is 33.1. The molecule has 202 valence electrons. The van der Waals surface area contributed by atoms with E-state index in [1.165, 1.54) is 7.11 Å². The van der Waals surface area contributed by atoms with Crippen LogP contribution >= 0.6 is 0 Å². The molecule has 0 radical (unpaired) electrons. The van der Waals surface area contributed by atoms with Gasteiger partial charge in [0.25, 0.3) is 0 Å². The number of pyridine rings is 2. The third-order valence-electron chi connectivity index (χ3n) is 6.97. The van der Waals surface area contributed by atoms with Gasteiger partial charge in [0, 0.05) is 21.9 Å². The van der Waals surface area contributed by atoms with Crippen LogP contribution in [0.25, 0.3) is 44.3 Å². The summed E-state index contributed by atoms with van der Waals surface area (Å²) in [5.74, 6) is -1.25. The fourth-order valence-electron chi connectivity index (χ4n) is 5.01. The van der Waals surface area contributed by atoms with E-state index in [0.29, 0.717) is 27.6 Å². The summed E-state index contributed by atoms with van der Waals surface area (Å²) < 4.78 is 4.95. The van der Waals surface area contributed by atoms with Crippen molar-refractivity contribution in [2.75, 3.05) is 7.11 Å². The van der Waals surface area contributed by atoms with Crippen LogP contribution in [0.3, 0.4) is 0 Å². The molecule has 0 saturated carbocycles. The van der Waals surface area contributed by atoms with Crippen LogP contribution in [0.2, 0.25) is 0 Å². The van der Waals surface area contributed by atoms with Crippen LogP contribution in [-0.2, 0) is 4.74 Å². The maximum atomic E-state index is 12.2. The van der Waals surface area contributed by atoms with E-state index in [9.17, 15) is 14.7 Å². The van der Waals surface area contributed by atoms with E-state index < -0.39 is 5.97 Å². The zero-order chi connectivity index (χ0) is 28.9. The van der Waals surface area contributed by atoms with Crippen molar-refractivity contribution < 1.29 is 19.4 Å². The fourth-order valence-corrected chi connectivity index (χ4v) is 5.01. The van der Waals surface area contributed by atoms with Crippen molar-refractivity contribution in [3.63, 3.8) is 0 Å². The molecule has 0 spiro atoms. The number of aromatic nitrogens is 2. The molecule has 0 unspecified atom stereocenters. The summed E-state index contributed by atoms with van der Waals surface area (Å²) >= 11 is 0. The van der Waals surface area contributed by atoms with Crippen molar-refractivity contribution in [1.82, 2.24) is 9.97 Å². The second-order valence-corrected chi connectivity index (χ2v) is 9.48. The average molecular weight is 541 g/mol. The van der Waals surface area contributed by atoms with Crippen LogP contribution in [0.5, 0.6) is 0 Å². The van der Waals surface area contributed by atoms with Gasteiger partial charge in [-0.25, -0.2) is 19.6 Å². The van der Waals surface area contributed by atoms with Gasteiger partial charge in [-0.15, -0.1) is 0 Å². The molecule has 41 heavy (non-hydrogen) atoms. The third-order valence-corrected chi connectivity index (χ3v) is 6.97. The molecule has 2 heterocycles. The minimum Gasteiger partial charge on any atom is -0.478 e. The zero-order valence-corrected chi connectivity index (χ0v) is 23.0. The summed E-state index contributed by atoms with van der Waals surface area (Å²) in [6.45, 7) is 3.72. The number of fused-ring (bicyclic) bond motifs is 2. The molecule has 0 atom stereocenters. The topological polar surface area (TPSA) is 89.4 Å². The minimum atomic E-state index is -0.918. The first-order valence-corrected chi connectivity index (χ1v) is 13.1. The first kappa shape index (κ1) is 27.2. The maximum Gasteiger partial charge on any atom is 0.338 e. The predicted octanol–water partition coefficient (Wildman–Crippen LogP) is 7.91. The smallest absolute Gasteiger partial charge is 0.338 e. The second kappa shape index (κ2) is 11.8. The number of carboxylic acid groups (broad SMARTS) is 1. The highest BCUT2D eigenvalue weighted by Gasteiger charge is 2.19. The highest BCUT2D eigenvalue weighted by atomic mass is 16.5. The summed E-state index contributed by atoms with van der Waals surface area (Å²) in [6, 6.07) is 34.5. The molecule has 6 aromatic rings. The molecule has 0 aliphatic heterocycles. The number of carbonyl (C=O) groups excluding carboxylic acids is 1. The SMILES string of the molecule is COC(=O)c1c(C)c(-c2ccccc2)nc2ccccc12.Cc1c(-c2ccccc2)nc2ccccc2c1C(=O)O. The van der Waals surface area contributed by atoms with Gasteiger partial charge < -0.3 is 9.84 Å². The molecule has 0 aliphatic rings. The Morgan fingerprint density at radius 3 is 1.41 bits per heavy atom. The van der Waals surface area contributed by atoms with E-state index >= 15 is 0 Å². The summed E-state index contributed by atoms with van der Waals surface area (Å²) in [5.41, 5.74) is 7.41. The van der Waals surface area contributed by atoms with Crippen molar-refractivity contribution in [2.24, 2.45) is 0 Å². The lowest BCUT2D eigenvalue weighted by Crippen LogP contribution is -2.07. The maximum absolute atomic E-state index is 12.2. The Kier molecular flexibility index (Phi) is 7.83. The molecule has 2 aromatic heterocycles. The van der Waals surface area contributed by atoms with Gasteiger partial charge in [0.2, 0.25) is 0 Å². The minimum absolute atomic E-state index is 0.328. The largest absolute Gasteiger partial charge is 0.478 e. The van der Waals surface area contributed by atoms with Crippen LogP contribution in [0.1, 0.15) is 31.8 Å². The Bertz CT molecular complexity index is 1880. The Hall–Kier alpha value is -5.36. The van der Waals surface area contributed by atoms with E-state index in [2.05, 4.69) is 4.98 Å². The zero-order valence-electron chi connectivity index (χ0n) is 23.0. The van der Waals surface area contributed by atoms with Crippen LogP contribution < -0.4 is 0 Å². The molecule has 0 bridgehead atoms. The third kappa shape index (κ3) is 5.40. The van der Waals surface area contributed by atoms with E-state index in [4.69, 9.17) is 9.72 Å². The lowest BCUT2D eigenvalue weighted by Gasteiger charge is -2.13. The Labute approximate surface area is 237 Å². The quantitative estimate of drug-likeness (QED) is 0.229. The molecule has 6 rings (SSSR count). The average Bonchev–Trinajstić information content (AvgIpc) is 3.01. The van der Waals surface area contributed by atoms with Gasteiger partial charge in [-0.2, -0.15) is 0 Å². The highest BCUT2D eigenvalue weighted by molar-refractivity contribution is 6.07. The molecule has 4 aromatic carbocycles. The van der Waals surface area contributed by atoms with Crippen molar-refractivity contribution in [3.8, 4) is 22.5 Å². The van der Waals surface area contributed by atoms with Crippen molar-refractivity contribution in [3.05, 3.63) is 131 Å². The van der Waals surface area contributed by atoms with Gasteiger partial charge in [-0.1, -0.05) is 97.1 Å². The van der Waals surface area contributed by atoms with Gasteiger partial charge in [-0.05, 0) is 37.1 Å². The monoisotopic (exact) mass is 540 g/mol. The van der Waals surface area contributed by atoms with Crippen molar-refractivity contribution in [1.29, 1.82) is 0 Å². The highest BCUT2D eigenvalue weighted by Crippen LogP contribution is 2.31. The first-order chi connectivity index (χ1) is 19.9. The number of rotatable bonds is 4.